The Hall–Kier alpha value is -1.83. The lowest BCUT2D eigenvalue weighted by Crippen LogP contribution is -2.17. The van der Waals surface area contributed by atoms with Crippen LogP contribution in [0.4, 0.5) is 0 Å². The molecule has 2 nitrogen and oxygen atoms in total. The van der Waals surface area contributed by atoms with Gasteiger partial charge in [-0.1, -0.05) is 25.1 Å². The van der Waals surface area contributed by atoms with Crippen molar-refractivity contribution in [1.29, 1.82) is 0 Å². The summed E-state index contributed by atoms with van der Waals surface area (Å²) in [7, 11) is 0. The molecule has 0 unspecified atom stereocenters. The number of aromatic nitrogens is 1. The van der Waals surface area contributed by atoms with Gasteiger partial charge in [-0.25, -0.2) is 0 Å². The van der Waals surface area contributed by atoms with E-state index in [9.17, 15) is 4.79 Å². The van der Waals surface area contributed by atoms with E-state index in [1.54, 1.807) is 6.07 Å². The fourth-order valence-corrected chi connectivity index (χ4v) is 2.60. The van der Waals surface area contributed by atoms with Crippen molar-refractivity contribution in [3.63, 3.8) is 0 Å². The zero-order chi connectivity index (χ0) is 13.4. The Labute approximate surface area is 113 Å². The first-order chi connectivity index (χ1) is 9.19. The van der Waals surface area contributed by atoms with E-state index in [1.165, 1.54) is 11.1 Å². The van der Waals surface area contributed by atoms with Crippen LogP contribution in [0, 0.1) is 6.92 Å². The number of hydrogen-bond donors (Lipinski definition) is 0. The van der Waals surface area contributed by atoms with Crippen molar-refractivity contribution < 1.29 is 0 Å². The van der Waals surface area contributed by atoms with Crippen LogP contribution < -0.4 is 5.56 Å². The first-order valence-corrected chi connectivity index (χ1v) is 7.01. The van der Waals surface area contributed by atoms with E-state index in [4.69, 9.17) is 0 Å². The maximum Gasteiger partial charge on any atom is 0.251 e. The second-order valence-corrected chi connectivity index (χ2v) is 5.39. The molecule has 0 N–H and O–H groups in total. The summed E-state index contributed by atoms with van der Waals surface area (Å²) in [4.78, 5) is 12.1. The molecule has 98 valence electrons. The van der Waals surface area contributed by atoms with E-state index >= 15 is 0 Å². The summed E-state index contributed by atoms with van der Waals surface area (Å²) in [5, 5.41) is 0. The fourth-order valence-electron chi connectivity index (χ4n) is 2.60. The SMILES string of the molecule is CCc1ccc(-c2ccn(C3CC3)c(=O)c2)cc1C. The van der Waals surface area contributed by atoms with Crippen molar-refractivity contribution in [2.75, 3.05) is 0 Å². The lowest BCUT2D eigenvalue weighted by molar-refractivity contribution is 0.708. The van der Waals surface area contributed by atoms with Crippen LogP contribution in [-0.4, -0.2) is 4.57 Å². The first kappa shape index (κ1) is 12.2. The van der Waals surface area contributed by atoms with Crippen LogP contribution in [0.15, 0.2) is 41.3 Å². The maximum atomic E-state index is 12.1. The number of rotatable bonds is 3. The molecule has 0 amide bonds. The van der Waals surface area contributed by atoms with E-state index < -0.39 is 0 Å². The predicted octanol–water partition coefficient (Wildman–Crippen LogP) is 3.72. The standard InChI is InChI=1S/C17H19NO/c1-3-13-4-5-14(10-12(13)2)15-8-9-18(16-6-7-16)17(19)11-15/h4-5,8-11,16H,3,6-7H2,1-2H3. The third-order valence-corrected chi connectivity index (χ3v) is 3.95. The lowest BCUT2D eigenvalue weighted by Gasteiger charge is -2.08. The summed E-state index contributed by atoms with van der Waals surface area (Å²) in [5.74, 6) is 0. The Kier molecular flexibility index (Phi) is 3.02. The third kappa shape index (κ3) is 2.35. The van der Waals surface area contributed by atoms with Gasteiger partial charge in [-0.15, -0.1) is 0 Å². The lowest BCUT2D eigenvalue weighted by atomic mass is 9.99. The van der Waals surface area contributed by atoms with Gasteiger partial charge < -0.3 is 4.57 Å². The molecule has 0 bridgehead atoms. The summed E-state index contributed by atoms with van der Waals surface area (Å²) in [6, 6.07) is 10.7. The van der Waals surface area contributed by atoms with Gasteiger partial charge in [0.15, 0.2) is 0 Å². The zero-order valence-electron chi connectivity index (χ0n) is 11.5. The number of pyridine rings is 1. The Morgan fingerprint density at radius 3 is 2.47 bits per heavy atom. The van der Waals surface area contributed by atoms with Gasteiger partial charge in [0.25, 0.3) is 5.56 Å². The van der Waals surface area contributed by atoms with Crippen LogP contribution >= 0.6 is 0 Å². The smallest absolute Gasteiger partial charge is 0.251 e. The molecule has 1 aromatic carbocycles. The second kappa shape index (κ2) is 4.69. The monoisotopic (exact) mass is 253 g/mol. The van der Waals surface area contributed by atoms with E-state index in [1.807, 2.05) is 10.8 Å². The highest BCUT2D eigenvalue weighted by molar-refractivity contribution is 5.64. The Morgan fingerprint density at radius 2 is 1.89 bits per heavy atom. The summed E-state index contributed by atoms with van der Waals surface area (Å²) in [6.07, 6.45) is 5.28. The molecule has 0 radical (unpaired) electrons. The van der Waals surface area contributed by atoms with Gasteiger partial charge in [0.1, 0.15) is 0 Å². The number of nitrogens with zero attached hydrogens (tertiary/aromatic N) is 1. The van der Waals surface area contributed by atoms with Crippen LogP contribution in [0.5, 0.6) is 0 Å². The summed E-state index contributed by atoms with van der Waals surface area (Å²) < 4.78 is 1.86. The molecule has 1 saturated carbocycles. The van der Waals surface area contributed by atoms with Crippen LogP contribution in [0.2, 0.25) is 0 Å². The largest absolute Gasteiger partial charge is 0.312 e. The topological polar surface area (TPSA) is 22.0 Å². The summed E-state index contributed by atoms with van der Waals surface area (Å²) in [5.41, 5.74) is 4.95. The maximum absolute atomic E-state index is 12.1. The molecule has 0 aliphatic heterocycles. The minimum absolute atomic E-state index is 0.122. The Balaban J connectivity index is 2.00. The van der Waals surface area contributed by atoms with E-state index in [0.717, 1.165) is 30.4 Å². The quantitative estimate of drug-likeness (QED) is 0.817. The molecule has 19 heavy (non-hydrogen) atoms. The van der Waals surface area contributed by atoms with Crippen LogP contribution in [0.1, 0.15) is 36.9 Å². The molecule has 3 rings (SSSR count). The Morgan fingerprint density at radius 1 is 1.16 bits per heavy atom. The minimum atomic E-state index is 0.122. The average molecular weight is 253 g/mol. The van der Waals surface area contributed by atoms with Crippen molar-refractivity contribution in [2.45, 2.75) is 39.2 Å². The number of hydrogen-bond acceptors (Lipinski definition) is 1. The molecule has 0 saturated heterocycles. The van der Waals surface area contributed by atoms with E-state index in [0.29, 0.717) is 6.04 Å². The van der Waals surface area contributed by atoms with Gasteiger partial charge in [0.2, 0.25) is 0 Å². The molecule has 1 aliphatic rings. The van der Waals surface area contributed by atoms with E-state index in [-0.39, 0.29) is 5.56 Å². The van der Waals surface area contributed by atoms with Gasteiger partial charge in [0.05, 0.1) is 0 Å². The van der Waals surface area contributed by atoms with Crippen molar-refractivity contribution in [3.05, 3.63) is 58.0 Å². The molecule has 1 heterocycles. The van der Waals surface area contributed by atoms with Gasteiger partial charge in [-0.05, 0) is 54.5 Å². The minimum Gasteiger partial charge on any atom is -0.312 e. The molecule has 0 atom stereocenters. The molecule has 2 aromatic rings. The van der Waals surface area contributed by atoms with Crippen molar-refractivity contribution in [2.24, 2.45) is 0 Å². The molecule has 1 aliphatic carbocycles. The molecular weight excluding hydrogens is 234 g/mol. The van der Waals surface area contributed by atoms with Crippen molar-refractivity contribution in [1.82, 2.24) is 4.57 Å². The molecular formula is C17H19NO. The third-order valence-electron chi connectivity index (χ3n) is 3.95. The van der Waals surface area contributed by atoms with Gasteiger partial charge >= 0.3 is 0 Å². The zero-order valence-corrected chi connectivity index (χ0v) is 11.5. The van der Waals surface area contributed by atoms with Gasteiger partial charge in [0, 0.05) is 18.3 Å². The summed E-state index contributed by atoms with van der Waals surface area (Å²) in [6.45, 7) is 4.30. The van der Waals surface area contributed by atoms with Crippen LogP contribution in [0.25, 0.3) is 11.1 Å². The average Bonchev–Trinajstić information content (AvgIpc) is 3.23. The molecule has 1 fully saturated rings. The highest BCUT2D eigenvalue weighted by atomic mass is 16.1. The fraction of sp³-hybridized carbons (Fsp3) is 0.353. The molecule has 1 aromatic heterocycles. The van der Waals surface area contributed by atoms with Crippen LogP contribution in [0.3, 0.4) is 0 Å². The Bertz CT molecular complexity index is 665. The van der Waals surface area contributed by atoms with Crippen molar-refractivity contribution in [3.8, 4) is 11.1 Å². The molecule has 0 spiro atoms. The van der Waals surface area contributed by atoms with E-state index in [2.05, 4.69) is 38.1 Å². The van der Waals surface area contributed by atoms with Gasteiger partial charge in [-0.3, -0.25) is 4.79 Å². The second-order valence-electron chi connectivity index (χ2n) is 5.39. The normalized spacial score (nSPS) is 14.6. The predicted molar refractivity (Wildman–Crippen MR) is 78.5 cm³/mol. The highest BCUT2D eigenvalue weighted by Crippen LogP contribution is 2.33. The van der Waals surface area contributed by atoms with Gasteiger partial charge in [-0.2, -0.15) is 0 Å². The van der Waals surface area contributed by atoms with Crippen LogP contribution in [-0.2, 0) is 6.42 Å². The highest BCUT2D eigenvalue weighted by Gasteiger charge is 2.24. The molecule has 2 heteroatoms. The summed E-state index contributed by atoms with van der Waals surface area (Å²) >= 11 is 0. The van der Waals surface area contributed by atoms with Crippen molar-refractivity contribution >= 4 is 0 Å². The number of aryl methyl sites for hydroxylation is 2. The number of benzene rings is 1. The first-order valence-electron chi connectivity index (χ1n) is 7.01.